The molecule has 0 spiro atoms. The number of hydrogen-bond donors (Lipinski definition) is 0. The SMILES string of the molecule is COc1ccc(CCCc2cc(OC)c(OC)c(CC=C(C)C)c2CC=C(C)C)c(OC)c1. The lowest BCUT2D eigenvalue weighted by Gasteiger charge is -2.20. The molecule has 0 N–H and O–H groups in total. The van der Waals surface area contributed by atoms with Crippen LogP contribution < -0.4 is 18.9 Å². The topological polar surface area (TPSA) is 36.9 Å². The van der Waals surface area contributed by atoms with E-state index >= 15 is 0 Å². The van der Waals surface area contributed by atoms with Gasteiger partial charge in [-0.1, -0.05) is 29.4 Å². The van der Waals surface area contributed by atoms with Crippen LogP contribution in [0.1, 0.15) is 56.4 Å². The third kappa shape index (κ3) is 7.31. The minimum absolute atomic E-state index is 0.799. The van der Waals surface area contributed by atoms with Crippen LogP contribution in [0.4, 0.5) is 0 Å². The molecule has 0 saturated heterocycles. The molecule has 0 amide bonds. The minimum Gasteiger partial charge on any atom is -0.497 e. The first-order chi connectivity index (χ1) is 15.8. The second kappa shape index (κ2) is 13.0. The van der Waals surface area contributed by atoms with Crippen molar-refractivity contribution in [3.05, 3.63) is 69.8 Å². The summed E-state index contributed by atoms with van der Waals surface area (Å²) in [5, 5.41) is 0. The summed E-state index contributed by atoms with van der Waals surface area (Å²) in [6, 6.07) is 8.19. The fourth-order valence-electron chi connectivity index (χ4n) is 4.00. The van der Waals surface area contributed by atoms with Gasteiger partial charge in [0.2, 0.25) is 0 Å². The predicted octanol–water partition coefficient (Wildman–Crippen LogP) is 6.91. The highest BCUT2D eigenvalue weighted by Gasteiger charge is 2.18. The lowest BCUT2D eigenvalue weighted by atomic mass is 9.90. The van der Waals surface area contributed by atoms with Crippen LogP contribution in [0.25, 0.3) is 0 Å². The summed E-state index contributed by atoms with van der Waals surface area (Å²) in [4.78, 5) is 0. The van der Waals surface area contributed by atoms with Gasteiger partial charge in [0.1, 0.15) is 11.5 Å². The fourth-order valence-corrected chi connectivity index (χ4v) is 4.00. The zero-order chi connectivity index (χ0) is 24.4. The van der Waals surface area contributed by atoms with Crippen LogP contribution in [0.15, 0.2) is 47.6 Å². The number of aryl methyl sites for hydroxylation is 2. The van der Waals surface area contributed by atoms with E-state index in [0.29, 0.717) is 0 Å². The minimum atomic E-state index is 0.799. The van der Waals surface area contributed by atoms with Gasteiger partial charge in [-0.2, -0.15) is 0 Å². The molecule has 2 aromatic carbocycles. The summed E-state index contributed by atoms with van der Waals surface area (Å²) in [6.07, 6.45) is 9.14. The number of methoxy groups -OCH3 is 4. The third-order valence-corrected chi connectivity index (χ3v) is 5.79. The van der Waals surface area contributed by atoms with E-state index in [4.69, 9.17) is 18.9 Å². The Hall–Kier alpha value is -2.88. The molecule has 0 radical (unpaired) electrons. The largest absolute Gasteiger partial charge is 0.497 e. The Morgan fingerprint density at radius 3 is 1.82 bits per heavy atom. The van der Waals surface area contributed by atoms with E-state index in [1.807, 2.05) is 12.1 Å². The molecule has 0 aliphatic carbocycles. The predicted molar refractivity (Wildman–Crippen MR) is 137 cm³/mol. The van der Waals surface area contributed by atoms with Crippen molar-refractivity contribution in [2.24, 2.45) is 0 Å². The summed E-state index contributed by atoms with van der Waals surface area (Å²) in [5.74, 6) is 3.32. The lowest BCUT2D eigenvalue weighted by Crippen LogP contribution is -2.06. The van der Waals surface area contributed by atoms with Crippen molar-refractivity contribution >= 4 is 0 Å². The van der Waals surface area contributed by atoms with Gasteiger partial charge in [0, 0.05) is 11.6 Å². The third-order valence-electron chi connectivity index (χ3n) is 5.79. The second-order valence-electron chi connectivity index (χ2n) is 8.73. The van der Waals surface area contributed by atoms with E-state index in [0.717, 1.165) is 55.1 Å². The van der Waals surface area contributed by atoms with E-state index in [2.05, 4.69) is 52.0 Å². The van der Waals surface area contributed by atoms with Gasteiger partial charge >= 0.3 is 0 Å². The molecule has 0 heterocycles. The van der Waals surface area contributed by atoms with Crippen LogP contribution in [-0.4, -0.2) is 28.4 Å². The molecule has 0 atom stereocenters. The van der Waals surface area contributed by atoms with Gasteiger partial charge in [-0.3, -0.25) is 0 Å². The number of ether oxygens (including phenoxy) is 4. The molecule has 0 fully saturated rings. The van der Waals surface area contributed by atoms with Crippen LogP contribution in [0, 0.1) is 0 Å². The summed E-state index contributed by atoms with van der Waals surface area (Å²) < 4.78 is 22.5. The Morgan fingerprint density at radius 1 is 0.667 bits per heavy atom. The molecule has 2 rings (SSSR count). The molecule has 4 heteroatoms. The van der Waals surface area contributed by atoms with Gasteiger partial charge in [-0.05, 0) is 88.6 Å². The van der Waals surface area contributed by atoms with E-state index in [1.165, 1.54) is 33.4 Å². The van der Waals surface area contributed by atoms with Crippen LogP contribution in [0.3, 0.4) is 0 Å². The molecule has 0 aliphatic heterocycles. The summed E-state index contributed by atoms with van der Waals surface area (Å²) >= 11 is 0. The average molecular weight is 453 g/mol. The highest BCUT2D eigenvalue weighted by Crippen LogP contribution is 2.38. The van der Waals surface area contributed by atoms with Crippen molar-refractivity contribution in [2.75, 3.05) is 28.4 Å². The maximum absolute atomic E-state index is 5.82. The normalized spacial score (nSPS) is 10.4. The molecule has 0 saturated carbocycles. The van der Waals surface area contributed by atoms with Gasteiger partial charge < -0.3 is 18.9 Å². The molecular formula is C29H40O4. The molecule has 0 bridgehead atoms. The van der Waals surface area contributed by atoms with Crippen molar-refractivity contribution in [1.82, 2.24) is 0 Å². The lowest BCUT2D eigenvalue weighted by molar-refractivity contribution is 0.351. The highest BCUT2D eigenvalue weighted by molar-refractivity contribution is 5.56. The Kier molecular flexibility index (Phi) is 10.4. The smallest absolute Gasteiger partial charge is 0.164 e. The number of allylic oxidation sites excluding steroid dienone is 4. The zero-order valence-electron chi connectivity index (χ0n) is 21.6. The van der Waals surface area contributed by atoms with Crippen molar-refractivity contribution in [3.8, 4) is 23.0 Å². The van der Waals surface area contributed by atoms with Crippen LogP contribution in [0.5, 0.6) is 23.0 Å². The van der Waals surface area contributed by atoms with Crippen molar-refractivity contribution in [2.45, 2.75) is 59.8 Å². The highest BCUT2D eigenvalue weighted by atomic mass is 16.5. The first-order valence-electron chi connectivity index (χ1n) is 11.6. The molecule has 0 aliphatic rings. The summed E-state index contributed by atoms with van der Waals surface area (Å²) in [6.45, 7) is 8.55. The van der Waals surface area contributed by atoms with Gasteiger partial charge in [-0.15, -0.1) is 0 Å². The number of benzene rings is 2. The Bertz CT molecular complexity index is 978. The average Bonchev–Trinajstić information content (AvgIpc) is 2.81. The van der Waals surface area contributed by atoms with Gasteiger partial charge in [0.25, 0.3) is 0 Å². The zero-order valence-corrected chi connectivity index (χ0v) is 21.6. The standard InChI is InChI=1S/C29H40O4/c1-20(2)12-16-25-23(11-9-10-22-14-15-24(30-5)19-27(22)31-6)18-28(32-7)29(33-8)26(25)17-13-21(3)4/h12-15,18-19H,9-11,16-17H2,1-8H3. The number of hydrogen-bond acceptors (Lipinski definition) is 4. The molecule has 180 valence electrons. The van der Waals surface area contributed by atoms with Crippen LogP contribution in [-0.2, 0) is 25.7 Å². The maximum atomic E-state index is 5.82. The van der Waals surface area contributed by atoms with Gasteiger partial charge in [0.05, 0.1) is 28.4 Å². The first-order valence-corrected chi connectivity index (χ1v) is 11.6. The van der Waals surface area contributed by atoms with E-state index < -0.39 is 0 Å². The Balaban J connectivity index is 2.42. The molecule has 33 heavy (non-hydrogen) atoms. The molecule has 4 nitrogen and oxygen atoms in total. The van der Waals surface area contributed by atoms with Gasteiger partial charge in [0.15, 0.2) is 11.5 Å². The quantitative estimate of drug-likeness (QED) is 0.328. The number of rotatable bonds is 12. The van der Waals surface area contributed by atoms with E-state index in [1.54, 1.807) is 28.4 Å². The van der Waals surface area contributed by atoms with Crippen LogP contribution in [0.2, 0.25) is 0 Å². The molecular weight excluding hydrogens is 412 g/mol. The monoisotopic (exact) mass is 452 g/mol. The molecule has 2 aromatic rings. The Labute approximate surface area is 200 Å². The maximum Gasteiger partial charge on any atom is 0.164 e. The summed E-state index contributed by atoms with van der Waals surface area (Å²) in [7, 11) is 6.82. The second-order valence-corrected chi connectivity index (χ2v) is 8.73. The van der Waals surface area contributed by atoms with E-state index in [-0.39, 0.29) is 0 Å². The first kappa shape index (κ1) is 26.4. The summed E-state index contributed by atoms with van der Waals surface area (Å²) in [5.41, 5.74) is 7.66. The Morgan fingerprint density at radius 2 is 1.27 bits per heavy atom. The van der Waals surface area contributed by atoms with Crippen LogP contribution >= 0.6 is 0 Å². The van der Waals surface area contributed by atoms with Crippen molar-refractivity contribution in [1.29, 1.82) is 0 Å². The molecule has 0 unspecified atom stereocenters. The fraction of sp³-hybridized carbons (Fsp3) is 0.448. The van der Waals surface area contributed by atoms with E-state index in [9.17, 15) is 0 Å². The van der Waals surface area contributed by atoms with Crippen molar-refractivity contribution in [3.63, 3.8) is 0 Å². The van der Waals surface area contributed by atoms with Crippen molar-refractivity contribution < 1.29 is 18.9 Å². The molecule has 0 aromatic heterocycles. The van der Waals surface area contributed by atoms with Gasteiger partial charge in [-0.25, -0.2) is 0 Å².